The first-order chi connectivity index (χ1) is 7.09. The molecular weight excluding hydrogens is 194 g/mol. The highest BCUT2D eigenvalue weighted by Gasteiger charge is 2.05. The molecule has 3 N–H and O–H groups in total. The third kappa shape index (κ3) is 3.68. The largest absolute Gasteiger partial charge is 0.357 e. The molecule has 0 unspecified atom stereocenters. The zero-order valence-corrected chi connectivity index (χ0v) is 8.63. The number of hydrazine groups is 1. The fourth-order valence-electron chi connectivity index (χ4n) is 0.956. The Hall–Kier alpha value is -2.04. The summed E-state index contributed by atoms with van der Waals surface area (Å²) in [7, 11) is 0. The first-order valence-electron chi connectivity index (χ1n) is 4.48. The number of carbonyl (C=O) groups excluding carboxylic acids is 2. The summed E-state index contributed by atoms with van der Waals surface area (Å²) in [5.74, 6) is -0.731. The van der Waals surface area contributed by atoms with Gasteiger partial charge in [0.2, 0.25) is 0 Å². The van der Waals surface area contributed by atoms with E-state index in [0.29, 0.717) is 5.69 Å². The first kappa shape index (κ1) is 11.0. The minimum Gasteiger partial charge on any atom is -0.357 e. The van der Waals surface area contributed by atoms with Crippen LogP contribution in [0.1, 0.15) is 24.3 Å². The Morgan fingerprint density at radius 3 is 2.60 bits per heavy atom. The molecule has 0 radical (unpaired) electrons. The van der Waals surface area contributed by atoms with Gasteiger partial charge in [0.1, 0.15) is 5.69 Å². The second-order valence-electron chi connectivity index (χ2n) is 3.25. The van der Waals surface area contributed by atoms with E-state index in [-0.39, 0.29) is 11.8 Å². The quantitative estimate of drug-likeness (QED) is 0.494. The topological polar surface area (TPSA) is 74.0 Å². The highest BCUT2D eigenvalue weighted by Crippen LogP contribution is 1.92. The van der Waals surface area contributed by atoms with E-state index >= 15 is 0 Å². The van der Waals surface area contributed by atoms with Crippen molar-refractivity contribution in [1.29, 1.82) is 0 Å². The van der Waals surface area contributed by atoms with Gasteiger partial charge in [-0.1, -0.05) is 5.57 Å². The van der Waals surface area contributed by atoms with E-state index in [1.165, 1.54) is 6.08 Å². The third-order valence-corrected chi connectivity index (χ3v) is 1.56. The number of nitrogens with one attached hydrogen (secondary N) is 3. The zero-order chi connectivity index (χ0) is 11.3. The normalized spacial score (nSPS) is 9.20. The number of H-pyrrole nitrogens is 1. The van der Waals surface area contributed by atoms with Crippen molar-refractivity contribution in [2.75, 3.05) is 0 Å². The smallest absolute Gasteiger partial charge is 0.286 e. The van der Waals surface area contributed by atoms with Crippen LogP contribution in [-0.2, 0) is 4.79 Å². The van der Waals surface area contributed by atoms with Crippen LogP contribution in [0.15, 0.2) is 30.0 Å². The van der Waals surface area contributed by atoms with Gasteiger partial charge in [0.05, 0.1) is 0 Å². The van der Waals surface area contributed by atoms with Crippen molar-refractivity contribution in [1.82, 2.24) is 15.8 Å². The van der Waals surface area contributed by atoms with Gasteiger partial charge in [0, 0.05) is 12.3 Å². The van der Waals surface area contributed by atoms with Gasteiger partial charge in [0.25, 0.3) is 11.8 Å². The molecule has 1 rings (SSSR count). The van der Waals surface area contributed by atoms with Crippen LogP contribution in [0, 0.1) is 0 Å². The molecule has 0 spiro atoms. The Kier molecular flexibility index (Phi) is 3.68. The SMILES string of the molecule is CC(C)=CC(=O)NNC(=O)c1ccc[nH]1. The third-order valence-electron chi connectivity index (χ3n) is 1.56. The number of allylic oxidation sites excluding steroid dienone is 1. The van der Waals surface area contributed by atoms with Crippen LogP contribution < -0.4 is 10.9 Å². The molecule has 0 aliphatic rings. The van der Waals surface area contributed by atoms with Crippen molar-refractivity contribution in [2.45, 2.75) is 13.8 Å². The molecule has 15 heavy (non-hydrogen) atoms. The molecule has 0 saturated heterocycles. The summed E-state index contributed by atoms with van der Waals surface area (Å²) < 4.78 is 0. The van der Waals surface area contributed by atoms with Crippen LogP contribution >= 0.6 is 0 Å². The first-order valence-corrected chi connectivity index (χ1v) is 4.48. The van der Waals surface area contributed by atoms with Crippen LogP contribution in [-0.4, -0.2) is 16.8 Å². The van der Waals surface area contributed by atoms with Crippen molar-refractivity contribution < 1.29 is 9.59 Å². The highest BCUT2D eigenvalue weighted by atomic mass is 16.2. The molecular formula is C10H13N3O2. The van der Waals surface area contributed by atoms with Gasteiger partial charge >= 0.3 is 0 Å². The Morgan fingerprint density at radius 2 is 2.07 bits per heavy atom. The van der Waals surface area contributed by atoms with Crippen LogP contribution in [0.25, 0.3) is 0 Å². The zero-order valence-electron chi connectivity index (χ0n) is 8.63. The van der Waals surface area contributed by atoms with E-state index in [4.69, 9.17) is 0 Å². The van der Waals surface area contributed by atoms with E-state index in [2.05, 4.69) is 15.8 Å². The van der Waals surface area contributed by atoms with E-state index < -0.39 is 0 Å². The number of amides is 2. The average molecular weight is 207 g/mol. The number of rotatable bonds is 2. The van der Waals surface area contributed by atoms with Crippen molar-refractivity contribution in [2.24, 2.45) is 0 Å². The Labute approximate surface area is 87.5 Å². The van der Waals surface area contributed by atoms with Crippen molar-refractivity contribution in [3.63, 3.8) is 0 Å². The predicted molar refractivity (Wildman–Crippen MR) is 55.8 cm³/mol. The lowest BCUT2D eigenvalue weighted by Gasteiger charge is -2.03. The standard InChI is InChI=1S/C10H13N3O2/c1-7(2)6-9(14)12-13-10(15)8-4-3-5-11-8/h3-6,11H,1-2H3,(H,12,14)(H,13,15). The summed E-state index contributed by atoms with van der Waals surface area (Å²) in [6.07, 6.45) is 3.03. The number of hydrogen-bond acceptors (Lipinski definition) is 2. The van der Waals surface area contributed by atoms with Gasteiger partial charge in [-0.2, -0.15) is 0 Å². The average Bonchev–Trinajstić information content (AvgIpc) is 2.65. The highest BCUT2D eigenvalue weighted by molar-refractivity contribution is 5.95. The number of carbonyl (C=O) groups is 2. The van der Waals surface area contributed by atoms with Gasteiger partial charge in [0.15, 0.2) is 0 Å². The lowest BCUT2D eigenvalue weighted by atomic mass is 10.3. The Bertz CT molecular complexity index is 375. The molecule has 1 aromatic rings. The lowest BCUT2D eigenvalue weighted by Crippen LogP contribution is -2.41. The van der Waals surface area contributed by atoms with Crippen LogP contribution in [0.2, 0.25) is 0 Å². The molecule has 80 valence electrons. The predicted octanol–water partition coefficient (Wildman–Crippen LogP) is 0.742. The van der Waals surface area contributed by atoms with Crippen molar-refractivity contribution in [3.8, 4) is 0 Å². The number of aromatic nitrogens is 1. The van der Waals surface area contributed by atoms with E-state index in [9.17, 15) is 9.59 Å². The summed E-state index contributed by atoms with van der Waals surface area (Å²) in [5, 5.41) is 0. The fraction of sp³-hybridized carbons (Fsp3) is 0.200. The van der Waals surface area contributed by atoms with E-state index in [1.807, 2.05) is 0 Å². The van der Waals surface area contributed by atoms with E-state index in [0.717, 1.165) is 5.57 Å². The number of aromatic amines is 1. The molecule has 0 saturated carbocycles. The number of hydrogen-bond donors (Lipinski definition) is 3. The van der Waals surface area contributed by atoms with Gasteiger partial charge in [-0.3, -0.25) is 20.4 Å². The van der Waals surface area contributed by atoms with E-state index in [1.54, 1.807) is 32.2 Å². The van der Waals surface area contributed by atoms with Crippen LogP contribution in [0.4, 0.5) is 0 Å². The van der Waals surface area contributed by atoms with Gasteiger partial charge in [-0.05, 0) is 26.0 Å². The molecule has 0 aromatic carbocycles. The molecule has 0 bridgehead atoms. The second-order valence-corrected chi connectivity index (χ2v) is 3.25. The minimum absolute atomic E-state index is 0.352. The fourth-order valence-corrected chi connectivity index (χ4v) is 0.956. The van der Waals surface area contributed by atoms with Gasteiger partial charge < -0.3 is 4.98 Å². The molecule has 1 heterocycles. The van der Waals surface area contributed by atoms with Crippen molar-refractivity contribution >= 4 is 11.8 Å². The molecule has 5 heteroatoms. The minimum atomic E-state index is -0.379. The summed E-state index contributed by atoms with van der Waals surface area (Å²) in [6, 6.07) is 3.31. The summed E-state index contributed by atoms with van der Waals surface area (Å²) in [5.41, 5.74) is 5.80. The molecule has 0 aliphatic carbocycles. The summed E-state index contributed by atoms with van der Waals surface area (Å²) in [4.78, 5) is 25.2. The summed E-state index contributed by atoms with van der Waals surface area (Å²) >= 11 is 0. The van der Waals surface area contributed by atoms with Gasteiger partial charge in [-0.25, -0.2) is 0 Å². The monoisotopic (exact) mass is 207 g/mol. The van der Waals surface area contributed by atoms with Crippen molar-refractivity contribution in [3.05, 3.63) is 35.7 Å². The molecule has 0 atom stereocenters. The molecule has 5 nitrogen and oxygen atoms in total. The maximum atomic E-state index is 11.3. The second kappa shape index (κ2) is 4.99. The molecule has 1 aromatic heterocycles. The lowest BCUT2D eigenvalue weighted by molar-refractivity contribution is -0.117. The maximum Gasteiger partial charge on any atom is 0.286 e. The molecule has 0 fully saturated rings. The van der Waals surface area contributed by atoms with Crippen LogP contribution in [0.3, 0.4) is 0 Å². The maximum absolute atomic E-state index is 11.3. The summed E-state index contributed by atoms with van der Waals surface area (Å²) in [6.45, 7) is 3.60. The molecule has 0 aliphatic heterocycles. The van der Waals surface area contributed by atoms with Crippen LogP contribution in [0.5, 0.6) is 0 Å². The Balaban J connectivity index is 2.42. The van der Waals surface area contributed by atoms with Gasteiger partial charge in [-0.15, -0.1) is 0 Å². The molecule has 2 amide bonds. The Morgan fingerprint density at radius 1 is 1.33 bits per heavy atom.